The smallest absolute Gasteiger partial charge is 0.339 e. The number of nitrogens with one attached hydrogen (secondary N) is 1. The lowest BCUT2D eigenvalue weighted by molar-refractivity contribution is 0.0599. The van der Waals surface area contributed by atoms with Crippen LogP contribution in [0.5, 0.6) is 5.88 Å². The number of anilines is 2. The van der Waals surface area contributed by atoms with Crippen LogP contribution >= 0.6 is 23.6 Å². The minimum Gasteiger partial charge on any atom is -0.480 e. The van der Waals surface area contributed by atoms with Crippen molar-refractivity contribution in [2.75, 3.05) is 50.6 Å². The molecule has 0 aromatic carbocycles. The van der Waals surface area contributed by atoms with E-state index in [9.17, 15) is 4.79 Å². The van der Waals surface area contributed by atoms with Crippen molar-refractivity contribution in [2.45, 2.75) is 13.8 Å². The van der Waals surface area contributed by atoms with Crippen LogP contribution in [-0.2, 0) is 4.74 Å². The van der Waals surface area contributed by atoms with Crippen LogP contribution in [0.2, 0.25) is 0 Å². The minimum absolute atomic E-state index is 0.381. The highest BCUT2D eigenvalue weighted by atomic mass is 32.1. The van der Waals surface area contributed by atoms with Crippen molar-refractivity contribution in [3.8, 4) is 5.88 Å². The molecule has 7 nitrogen and oxygen atoms in total. The van der Waals surface area contributed by atoms with E-state index < -0.39 is 5.97 Å². The Kier molecular flexibility index (Phi) is 6.35. The highest BCUT2D eigenvalue weighted by Crippen LogP contribution is 2.28. The van der Waals surface area contributed by atoms with E-state index in [4.69, 9.17) is 21.7 Å². The van der Waals surface area contributed by atoms with Gasteiger partial charge in [-0.15, -0.1) is 11.3 Å². The fraction of sp³-hybridized carbons (Fsp3) is 0.421. The second-order valence-corrected chi connectivity index (χ2v) is 7.94. The SMILES string of the molecule is COC(=O)c1cc(NC(=S)N2CCN(c3ccsc3C)CC2)c(OC)nc1C. The molecule has 28 heavy (non-hydrogen) atoms. The Labute approximate surface area is 174 Å². The molecule has 0 saturated carbocycles. The number of aromatic nitrogens is 1. The van der Waals surface area contributed by atoms with E-state index in [2.05, 4.69) is 38.5 Å². The molecule has 3 heterocycles. The molecule has 0 spiro atoms. The van der Waals surface area contributed by atoms with Crippen LogP contribution in [-0.4, -0.2) is 61.4 Å². The molecule has 2 aromatic rings. The summed E-state index contributed by atoms with van der Waals surface area (Å²) < 4.78 is 10.2. The number of piperazine rings is 1. The van der Waals surface area contributed by atoms with Gasteiger partial charge < -0.3 is 24.6 Å². The number of rotatable bonds is 4. The predicted octanol–water partition coefficient (Wildman–Crippen LogP) is 3.07. The predicted molar refractivity (Wildman–Crippen MR) is 116 cm³/mol. The zero-order valence-electron chi connectivity index (χ0n) is 16.4. The first-order chi connectivity index (χ1) is 13.4. The van der Waals surface area contributed by atoms with Gasteiger partial charge in [0, 0.05) is 31.1 Å². The van der Waals surface area contributed by atoms with E-state index in [1.54, 1.807) is 24.3 Å². The van der Waals surface area contributed by atoms with E-state index >= 15 is 0 Å². The van der Waals surface area contributed by atoms with Gasteiger partial charge in [-0.25, -0.2) is 9.78 Å². The molecule has 0 unspecified atom stereocenters. The van der Waals surface area contributed by atoms with Crippen molar-refractivity contribution in [3.63, 3.8) is 0 Å². The Morgan fingerprint density at radius 2 is 1.96 bits per heavy atom. The van der Waals surface area contributed by atoms with Gasteiger partial charge in [-0.1, -0.05) is 0 Å². The molecular formula is C19H24N4O3S2. The van der Waals surface area contributed by atoms with Crippen LogP contribution in [0.3, 0.4) is 0 Å². The first-order valence-electron chi connectivity index (χ1n) is 8.93. The Morgan fingerprint density at radius 1 is 1.25 bits per heavy atom. The number of hydrogen-bond donors (Lipinski definition) is 1. The Morgan fingerprint density at radius 3 is 2.54 bits per heavy atom. The Hall–Kier alpha value is -2.39. The van der Waals surface area contributed by atoms with Gasteiger partial charge in [0.15, 0.2) is 5.11 Å². The summed E-state index contributed by atoms with van der Waals surface area (Å²) in [4.78, 5) is 22.1. The zero-order valence-corrected chi connectivity index (χ0v) is 18.1. The van der Waals surface area contributed by atoms with E-state index in [1.807, 2.05) is 0 Å². The van der Waals surface area contributed by atoms with Crippen LogP contribution in [0, 0.1) is 13.8 Å². The number of thiophene rings is 1. The summed E-state index contributed by atoms with van der Waals surface area (Å²) >= 11 is 7.36. The average molecular weight is 421 g/mol. The molecule has 150 valence electrons. The third-order valence-electron chi connectivity index (χ3n) is 4.76. The summed E-state index contributed by atoms with van der Waals surface area (Å²) in [5, 5.41) is 5.89. The summed E-state index contributed by atoms with van der Waals surface area (Å²) in [5.41, 5.74) is 2.77. The summed E-state index contributed by atoms with van der Waals surface area (Å²) in [7, 11) is 2.88. The molecule has 9 heteroatoms. The molecular weight excluding hydrogens is 396 g/mol. The number of hydrogen-bond acceptors (Lipinski definition) is 7. The van der Waals surface area contributed by atoms with E-state index in [0.29, 0.717) is 27.9 Å². The maximum atomic E-state index is 12.0. The molecule has 2 aromatic heterocycles. The van der Waals surface area contributed by atoms with Crippen molar-refractivity contribution >= 4 is 46.0 Å². The summed E-state index contributed by atoms with van der Waals surface area (Å²) in [6.07, 6.45) is 0. The summed E-state index contributed by atoms with van der Waals surface area (Å²) in [6, 6.07) is 3.84. The lowest BCUT2D eigenvalue weighted by Gasteiger charge is -2.37. The number of pyridine rings is 1. The number of thiocarbonyl (C=S) groups is 1. The van der Waals surface area contributed by atoms with Crippen molar-refractivity contribution in [2.24, 2.45) is 0 Å². The van der Waals surface area contributed by atoms with Crippen LogP contribution < -0.4 is 15.0 Å². The summed E-state index contributed by atoms with van der Waals surface area (Å²) in [5.74, 6) is -0.0543. The lowest BCUT2D eigenvalue weighted by atomic mass is 10.2. The molecule has 1 aliphatic rings. The second-order valence-electron chi connectivity index (χ2n) is 6.44. The van der Waals surface area contributed by atoms with E-state index in [-0.39, 0.29) is 0 Å². The van der Waals surface area contributed by atoms with Gasteiger partial charge in [0.2, 0.25) is 5.88 Å². The topological polar surface area (TPSA) is 66.9 Å². The van der Waals surface area contributed by atoms with Crippen LogP contribution in [0.4, 0.5) is 11.4 Å². The van der Waals surface area contributed by atoms with Gasteiger partial charge in [0.25, 0.3) is 0 Å². The maximum absolute atomic E-state index is 12.0. The van der Waals surface area contributed by atoms with Gasteiger partial charge in [0.1, 0.15) is 5.69 Å². The van der Waals surface area contributed by atoms with Gasteiger partial charge in [-0.05, 0) is 43.6 Å². The molecule has 0 bridgehead atoms. The summed E-state index contributed by atoms with van der Waals surface area (Å²) in [6.45, 7) is 7.31. The Bertz CT molecular complexity index is 876. The second kappa shape index (κ2) is 8.74. The van der Waals surface area contributed by atoms with Gasteiger partial charge in [-0.2, -0.15) is 0 Å². The fourth-order valence-corrected chi connectivity index (χ4v) is 4.21. The first kappa shape index (κ1) is 20.3. The first-order valence-corrected chi connectivity index (χ1v) is 10.2. The monoisotopic (exact) mass is 420 g/mol. The number of nitrogens with zero attached hydrogens (tertiary/aromatic N) is 3. The van der Waals surface area contributed by atoms with E-state index in [0.717, 1.165) is 26.2 Å². The average Bonchev–Trinajstić information content (AvgIpc) is 3.14. The van der Waals surface area contributed by atoms with Crippen molar-refractivity contribution < 1.29 is 14.3 Å². The maximum Gasteiger partial charge on any atom is 0.339 e. The third-order valence-corrected chi connectivity index (χ3v) is 5.95. The van der Waals surface area contributed by atoms with Crippen LogP contribution in [0.15, 0.2) is 17.5 Å². The number of esters is 1. The van der Waals surface area contributed by atoms with Crippen molar-refractivity contribution in [1.82, 2.24) is 9.88 Å². The number of carbonyl (C=O) groups is 1. The van der Waals surface area contributed by atoms with Crippen molar-refractivity contribution in [3.05, 3.63) is 33.6 Å². The molecule has 1 aliphatic heterocycles. The standard InChI is InChI=1S/C19H24N4O3S2/c1-12-14(18(24)26-4)11-15(17(20-12)25-3)21-19(27)23-8-6-22(7-9-23)16-5-10-28-13(16)2/h5,10-11H,6-9H2,1-4H3,(H,21,27). The zero-order chi connectivity index (χ0) is 20.3. The highest BCUT2D eigenvalue weighted by molar-refractivity contribution is 7.80. The number of ether oxygens (including phenoxy) is 2. The fourth-order valence-electron chi connectivity index (χ4n) is 3.20. The molecule has 0 radical (unpaired) electrons. The third kappa shape index (κ3) is 4.20. The highest BCUT2D eigenvalue weighted by Gasteiger charge is 2.22. The lowest BCUT2D eigenvalue weighted by Crippen LogP contribution is -2.50. The quantitative estimate of drug-likeness (QED) is 0.598. The largest absolute Gasteiger partial charge is 0.480 e. The van der Waals surface area contributed by atoms with E-state index in [1.165, 1.54) is 24.8 Å². The van der Waals surface area contributed by atoms with Crippen LogP contribution in [0.1, 0.15) is 20.9 Å². The molecule has 0 atom stereocenters. The number of carbonyl (C=O) groups excluding carboxylic acids is 1. The molecule has 1 N–H and O–H groups in total. The van der Waals surface area contributed by atoms with Gasteiger partial charge >= 0.3 is 5.97 Å². The van der Waals surface area contributed by atoms with Crippen molar-refractivity contribution in [1.29, 1.82) is 0 Å². The normalized spacial score (nSPS) is 14.0. The molecule has 1 saturated heterocycles. The number of methoxy groups -OCH3 is 2. The van der Waals surface area contributed by atoms with Gasteiger partial charge in [-0.3, -0.25) is 0 Å². The molecule has 0 amide bonds. The molecule has 3 rings (SSSR count). The van der Waals surface area contributed by atoms with Crippen LogP contribution in [0.25, 0.3) is 0 Å². The minimum atomic E-state index is -0.443. The Balaban J connectivity index is 1.69. The number of aryl methyl sites for hydroxylation is 2. The molecule has 1 fully saturated rings. The molecule has 0 aliphatic carbocycles. The van der Waals surface area contributed by atoms with Gasteiger partial charge in [0.05, 0.1) is 31.2 Å².